The minimum Gasteiger partial charge on any atom is -0.484 e. The van der Waals surface area contributed by atoms with Crippen molar-refractivity contribution < 1.29 is 19.3 Å². The maximum Gasteiger partial charge on any atom is 0.258 e. The van der Waals surface area contributed by atoms with E-state index in [1.54, 1.807) is 9.80 Å². The van der Waals surface area contributed by atoms with Gasteiger partial charge in [-0.3, -0.25) is 4.79 Å². The minimum absolute atomic E-state index is 0.0485. The molecule has 1 fully saturated rings. The number of likely N-dealkylation sites (N-methyl/N-ethyl adjacent to an activating group) is 1. The minimum atomic E-state index is -0.0740. The van der Waals surface area contributed by atoms with Gasteiger partial charge in [0.15, 0.2) is 6.61 Å². The molecule has 0 spiro atoms. The molecule has 0 saturated carbocycles. The number of hydrogen-bond donors (Lipinski definition) is 3. The molecule has 0 bridgehead atoms. The summed E-state index contributed by atoms with van der Waals surface area (Å²) in [5, 5.41) is 3.08. The van der Waals surface area contributed by atoms with E-state index >= 15 is 0 Å². The van der Waals surface area contributed by atoms with Crippen molar-refractivity contribution in [2.45, 2.75) is 13.0 Å². The number of carbonyl (C=O) groups is 1. The van der Waals surface area contributed by atoms with Crippen LogP contribution in [-0.2, 0) is 4.79 Å². The summed E-state index contributed by atoms with van der Waals surface area (Å²) in [5.41, 5.74) is 2.55. The van der Waals surface area contributed by atoms with Crippen LogP contribution in [-0.4, -0.2) is 52.3 Å². The number of carbonyl (C=O) groups excluding carboxylic acids is 1. The van der Waals surface area contributed by atoms with E-state index in [9.17, 15) is 4.79 Å². The van der Waals surface area contributed by atoms with E-state index in [0.717, 1.165) is 18.8 Å². The molecule has 3 rings (SSSR count). The van der Waals surface area contributed by atoms with Gasteiger partial charge in [-0.25, -0.2) is 0 Å². The molecule has 1 aliphatic heterocycles. The SMILES string of the molecule is Cc1ccc([C@@H](CNC(=O)COc2ccccc2)[NH+]2CC[NH+](C)CC2)cc1. The molecule has 5 nitrogen and oxygen atoms in total. The van der Waals surface area contributed by atoms with Gasteiger partial charge in [-0.1, -0.05) is 48.0 Å². The lowest BCUT2D eigenvalue weighted by Crippen LogP contribution is -3.27. The standard InChI is InChI=1S/C22H29N3O2/c1-18-8-10-19(11-9-18)21(25-14-12-24(2)13-15-25)16-23-22(26)17-27-20-6-4-3-5-7-20/h3-11,21H,12-17H2,1-2H3,(H,23,26)/p+2/t21-/m1/s1. The van der Waals surface area contributed by atoms with Crippen molar-refractivity contribution in [1.29, 1.82) is 0 Å². The number of quaternary nitrogens is 2. The number of para-hydroxylation sites is 1. The Labute approximate surface area is 161 Å². The molecule has 0 unspecified atom stereocenters. The second-order valence-corrected chi connectivity index (χ2v) is 7.48. The zero-order chi connectivity index (χ0) is 19.1. The number of benzene rings is 2. The molecule has 0 radical (unpaired) electrons. The Balaban J connectivity index is 1.59. The fourth-order valence-corrected chi connectivity index (χ4v) is 3.58. The van der Waals surface area contributed by atoms with Crippen molar-refractivity contribution in [2.24, 2.45) is 0 Å². The Morgan fingerprint density at radius 2 is 1.70 bits per heavy atom. The third-order valence-electron chi connectivity index (χ3n) is 5.33. The Morgan fingerprint density at radius 3 is 2.37 bits per heavy atom. The van der Waals surface area contributed by atoms with Crippen molar-refractivity contribution in [3.63, 3.8) is 0 Å². The lowest BCUT2D eigenvalue weighted by molar-refractivity contribution is -1.02. The second kappa shape index (κ2) is 9.53. The average Bonchev–Trinajstić information content (AvgIpc) is 2.70. The molecule has 1 amide bonds. The Hall–Kier alpha value is -2.37. The van der Waals surface area contributed by atoms with Crippen molar-refractivity contribution in [2.75, 3.05) is 46.4 Å². The molecule has 1 saturated heterocycles. The molecule has 1 atom stereocenters. The first-order valence-electron chi connectivity index (χ1n) is 9.79. The first-order chi connectivity index (χ1) is 13.1. The topological polar surface area (TPSA) is 47.2 Å². The molecule has 5 heteroatoms. The van der Waals surface area contributed by atoms with Gasteiger partial charge < -0.3 is 19.9 Å². The fraction of sp³-hybridized carbons (Fsp3) is 0.409. The van der Waals surface area contributed by atoms with E-state index < -0.39 is 0 Å². The molecule has 3 N–H and O–H groups in total. The number of amides is 1. The summed E-state index contributed by atoms with van der Waals surface area (Å²) in [6.45, 7) is 7.38. The molecule has 0 aromatic heterocycles. The number of aryl methyl sites for hydroxylation is 1. The zero-order valence-electron chi connectivity index (χ0n) is 16.3. The highest BCUT2D eigenvalue weighted by Gasteiger charge is 2.29. The van der Waals surface area contributed by atoms with Crippen LogP contribution in [0.15, 0.2) is 54.6 Å². The highest BCUT2D eigenvalue weighted by molar-refractivity contribution is 5.77. The van der Waals surface area contributed by atoms with Crippen LogP contribution in [0.3, 0.4) is 0 Å². The molecule has 1 aliphatic rings. The van der Waals surface area contributed by atoms with Gasteiger partial charge in [0.25, 0.3) is 5.91 Å². The second-order valence-electron chi connectivity index (χ2n) is 7.48. The van der Waals surface area contributed by atoms with Gasteiger partial charge in [0, 0.05) is 5.56 Å². The Kier molecular flexibility index (Phi) is 6.85. The maximum absolute atomic E-state index is 12.3. The van der Waals surface area contributed by atoms with E-state index in [-0.39, 0.29) is 18.6 Å². The fourth-order valence-electron chi connectivity index (χ4n) is 3.58. The molecular weight excluding hydrogens is 338 g/mol. The van der Waals surface area contributed by atoms with Gasteiger partial charge >= 0.3 is 0 Å². The summed E-state index contributed by atoms with van der Waals surface area (Å²) in [4.78, 5) is 15.4. The van der Waals surface area contributed by atoms with E-state index in [4.69, 9.17) is 4.74 Å². The largest absolute Gasteiger partial charge is 0.484 e. The van der Waals surface area contributed by atoms with Crippen LogP contribution in [0.4, 0.5) is 0 Å². The lowest BCUT2D eigenvalue weighted by atomic mass is 10.0. The summed E-state index contributed by atoms with van der Waals surface area (Å²) < 4.78 is 5.56. The van der Waals surface area contributed by atoms with Gasteiger partial charge in [-0.05, 0) is 19.1 Å². The van der Waals surface area contributed by atoms with E-state index in [2.05, 4.69) is 43.6 Å². The van der Waals surface area contributed by atoms with Crippen LogP contribution in [0.5, 0.6) is 5.75 Å². The summed E-state index contributed by atoms with van der Waals surface area (Å²) in [6, 6.07) is 18.4. The Bertz CT molecular complexity index is 710. The van der Waals surface area contributed by atoms with E-state index in [1.165, 1.54) is 24.2 Å². The molecule has 27 heavy (non-hydrogen) atoms. The average molecular weight is 370 g/mol. The van der Waals surface area contributed by atoms with Crippen LogP contribution in [0, 0.1) is 6.92 Å². The number of piperazine rings is 1. The van der Waals surface area contributed by atoms with Crippen LogP contribution in [0.25, 0.3) is 0 Å². The van der Waals surface area contributed by atoms with Crippen LogP contribution in [0.1, 0.15) is 17.2 Å². The maximum atomic E-state index is 12.3. The third-order valence-corrected chi connectivity index (χ3v) is 5.33. The van der Waals surface area contributed by atoms with Crippen LogP contribution in [0.2, 0.25) is 0 Å². The monoisotopic (exact) mass is 369 g/mol. The van der Waals surface area contributed by atoms with E-state index in [1.807, 2.05) is 30.3 Å². The highest BCUT2D eigenvalue weighted by Crippen LogP contribution is 2.11. The predicted octanol–water partition coefficient (Wildman–Crippen LogP) is -0.355. The lowest BCUT2D eigenvalue weighted by Gasteiger charge is -2.33. The number of nitrogens with one attached hydrogen (secondary N) is 3. The predicted molar refractivity (Wildman–Crippen MR) is 106 cm³/mol. The van der Waals surface area contributed by atoms with Gasteiger partial charge in [-0.15, -0.1) is 0 Å². The van der Waals surface area contributed by atoms with Crippen molar-refractivity contribution >= 4 is 5.91 Å². The molecule has 2 aromatic rings. The number of hydrogen-bond acceptors (Lipinski definition) is 2. The van der Waals surface area contributed by atoms with Crippen molar-refractivity contribution in [3.05, 3.63) is 65.7 Å². The normalized spacial score (nSPS) is 20.7. The molecule has 1 heterocycles. The summed E-state index contributed by atoms with van der Waals surface area (Å²) in [6.07, 6.45) is 0. The van der Waals surface area contributed by atoms with Gasteiger partial charge in [0.05, 0.1) is 13.6 Å². The third kappa shape index (κ3) is 5.81. The molecule has 2 aromatic carbocycles. The number of rotatable bonds is 7. The molecule has 144 valence electrons. The summed E-state index contributed by atoms with van der Waals surface area (Å²) >= 11 is 0. The van der Waals surface area contributed by atoms with E-state index in [0.29, 0.717) is 6.54 Å². The van der Waals surface area contributed by atoms with Crippen LogP contribution < -0.4 is 19.9 Å². The van der Waals surface area contributed by atoms with Gasteiger partial charge in [-0.2, -0.15) is 0 Å². The Morgan fingerprint density at radius 1 is 1.04 bits per heavy atom. The van der Waals surface area contributed by atoms with Gasteiger partial charge in [0.1, 0.15) is 38.0 Å². The van der Waals surface area contributed by atoms with Crippen molar-refractivity contribution in [1.82, 2.24) is 5.32 Å². The molecular formula is C22H31N3O2+2. The summed E-state index contributed by atoms with van der Waals surface area (Å²) in [7, 11) is 2.25. The first-order valence-corrected chi connectivity index (χ1v) is 9.79. The van der Waals surface area contributed by atoms with Crippen LogP contribution >= 0.6 is 0 Å². The smallest absolute Gasteiger partial charge is 0.258 e. The van der Waals surface area contributed by atoms with Crippen molar-refractivity contribution in [3.8, 4) is 5.75 Å². The summed E-state index contributed by atoms with van der Waals surface area (Å²) in [5.74, 6) is 0.644. The molecule has 0 aliphatic carbocycles. The highest BCUT2D eigenvalue weighted by atomic mass is 16.5. The quantitative estimate of drug-likeness (QED) is 0.625. The first kappa shape index (κ1) is 19.4. The number of ether oxygens (including phenoxy) is 1. The zero-order valence-corrected chi connectivity index (χ0v) is 16.3. The van der Waals surface area contributed by atoms with Gasteiger partial charge in [0.2, 0.25) is 0 Å².